The number of amides is 1. The van der Waals surface area contributed by atoms with Gasteiger partial charge in [0.1, 0.15) is 11.5 Å². The van der Waals surface area contributed by atoms with Crippen LogP contribution in [0.5, 0.6) is 11.5 Å². The molecule has 0 aliphatic carbocycles. The van der Waals surface area contributed by atoms with Gasteiger partial charge in [0.05, 0.1) is 30.9 Å². The average Bonchev–Trinajstić information content (AvgIpc) is 3.49. The Hall–Kier alpha value is -3.32. The van der Waals surface area contributed by atoms with Gasteiger partial charge in [-0.25, -0.2) is 5.01 Å². The van der Waals surface area contributed by atoms with Crippen LogP contribution in [0.15, 0.2) is 65.1 Å². The van der Waals surface area contributed by atoms with Gasteiger partial charge in [0.25, 0.3) is 5.91 Å². The molecule has 1 aliphatic rings. The molecular weight excluding hydrogens is 410 g/mol. The minimum Gasteiger partial charge on any atom is -0.497 e. The highest BCUT2D eigenvalue weighted by atomic mass is 32.1. The van der Waals surface area contributed by atoms with Crippen LogP contribution in [0, 0.1) is 0 Å². The predicted octanol–water partition coefficient (Wildman–Crippen LogP) is 4.82. The van der Waals surface area contributed by atoms with E-state index < -0.39 is 0 Å². The minimum absolute atomic E-state index is 0.0958. The van der Waals surface area contributed by atoms with E-state index >= 15 is 0 Å². The molecule has 6 nitrogen and oxygen atoms in total. The van der Waals surface area contributed by atoms with Gasteiger partial charge in [-0.2, -0.15) is 5.10 Å². The van der Waals surface area contributed by atoms with E-state index in [4.69, 9.17) is 14.6 Å². The molecule has 0 bridgehead atoms. The third-order valence-corrected chi connectivity index (χ3v) is 6.19. The summed E-state index contributed by atoms with van der Waals surface area (Å²) in [6.45, 7) is 0. The first-order valence-corrected chi connectivity index (χ1v) is 10.8. The van der Waals surface area contributed by atoms with Crippen molar-refractivity contribution >= 4 is 28.6 Å². The normalized spacial score (nSPS) is 15.5. The van der Waals surface area contributed by atoms with Gasteiger partial charge in [0.15, 0.2) is 0 Å². The molecule has 4 rings (SSSR count). The molecule has 0 spiro atoms. The molecule has 0 fully saturated rings. The number of ether oxygens (including phenoxy) is 2. The van der Waals surface area contributed by atoms with E-state index in [0.717, 1.165) is 22.5 Å². The SMILES string of the molecule is COc1cc(OC)cc(C2=NN(C(=O)c3cccs3)C(c3ccc(N(C)C)cc3)C2)c1. The average molecular weight is 436 g/mol. The van der Waals surface area contributed by atoms with Crippen LogP contribution >= 0.6 is 11.3 Å². The molecule has 0 N–H and O–H groups in total. The number of methoxy groups -OCH3 is 2. The van der Waals surface area contributed by atoms with Crippen LogP contribution in [-0.2, 0) is 0 Å². The standard InChI is InChI=1S/C24H25N3O3S/c1-26(2)18-9-7-16(8-10-18)22-15-21(17-12-19(29-3)14-20(13-17)30-4)25-27(22)24(28)23-6-5-11-31-23/h5-14,22H,15H2,1-4H3. The molecule has 1 amide bonds. The van der Waals surface area contributed by atoms with Gasteiger partial charge in [-0.15, -0.1) is 11.3 Å². The van der Waals surface area contributed by atoms with E-state index in [1.54, 1.807) is 19.2 Å². The van der Waals surface area contributed by atoms with Crippen LogP contribution in [0.25, 0.3) is 0 Å². The summed E-state index contributed by atoms with van der Waals surface area (Å²) in [5, 5.41) is 8.28. The molecule has 1 aliphatic heterocycles. The third-order valence-electron chi connectivity index (χ3n) is 5.33. The maximum absolute atomic E-state index is 13.3. The summed E-state index contributed by atoms with van der Waals surface area (Å²) in [5.41, 5.74) is 3.86. The van der Waals surface area contributed by atoms with Crippen molar-refractivity contribution in [3.05, 3.63) is 76.0 Å². The van der Waals surface area contributed by atoms with Crippen molar-refractivity contribution in [3.8, 4) is 11.5 Å². The number of benzene rings is 2. The largest absolute Gasteiger partial charge is 0.497 e. The summed E-state index contributed by atoms with van der Waals surface area (Å²) in [7, 11) is 7.26. The highest BCUT2D eigenvalue weighted by Crippen LogP contribution is 2.36. The van der Waals surface area contributed by atoms with Crippen molar-refractivity contribution in [2.75, 3.05) is 33.2 Å². The Morgan fingerprint density at radius 3 is 2.29 bits per heavy atom. The summed E-state index contributed by atoms with van der Waals surface area (Å²) >= 11 is 1.42. The summed E-state index contributed by atoms with van der Waals surface area (Å²) in [5.74, 6) is 1.28. The van der Waals surface area contributed by atoms with Gasteiger partial charge < -0.3 is 14.4 Å². The Bertz CT molecular complexity index is 1070. The molecule has 7 heteroatoms. The van der Waals surface area contributed by atoms with Crippen LogP contribution in [0.1, 0.15) is 33.3 Å². The van der Waals surface area contributed by atoms with Crippen LogP contribution < -0.4 is 14.4 Å². The fourth-order valence-electron chi connectivity index (χ4n) is 3.61. The summed E-state index contributed by atoms with van der Waals surface area (Å²) < 4.78 is 10.8. The zero-order chi connectivity index (χ0) is 22.0. The molecule has 2 aromatic carbocycles. The monoisotopic (exact) mass is 435 g/mol. The van der Waals surface area contributed by atoms with Gasteiger partial charge >= 0.3 is 0 Å². The van der Waals surface area contributed by atoms with Crippen molar-refractivity contribution in [1.82, 2.24) is 5.01 Å². The summed E-state index contributed by atoms with van der Waals surface area (Å²) in [6.07, 6.45) is 0.606. The van der Waals surface area contributed by atoms with Crippen LogP contribution in [0.2, 0.25) is 0 Å². The number of thiophene rings is 1. The lowest BCUT2D eigenvalue weighted by molar-refractivity contribution is 0.0716. The van der Waals surface area contributed by atoms with Crippen molar-refractivity contribution < 1.29 is 14.3 Å². The highest BCUT2D eigenvalue weighted by Gasteiger charge is 2.34. The zero-order valence-electron chi connectivity index (χ0n) is 18.0. The second-order valence-electron chi connectivity index (χ2n) is 7.48. The maximum atomic E-state index is 13.3. The van der Waals surface area contributed by atoms with E-state index in [2.05, 4.69) is 29.2 Å². The summed E-state index contributed by atoms with van der Waals surface area (Å²) in [4.78, 5) is 16.0. The minimum atomic E-state index is -0.182. The van der Waals surface area contributed by atoms with E-state index in [1.807, 2.05) is 49.8 Å². The van der Waals surface area contributed by atoms with Gasteiger partial charge in [-0.05, 0) is 41.3 Å². The predicted molar refractivity (Wildman–Crippen MR) is 125 cm³/mol. The molecule has 0 saturated heterocycles. The van der Waals surface area contributed by atoms with Crippen molar-refractivity contribution in [1.29, 1.82) is 0 Å². The molecule has 0 radical (unpaired) electrons. The first kappa shape index (κ1) is 20.9. The molecule has 2 heterocycles. The van der Waals surface area contributed by atoms with Gasteiger partial charge in [-0.1, -0.05) is 18.2 Å². The fraction of sp³-hybridized carbons (Fsp3) is 0.250. The smallest absolute Gasteiger partial charge is 0.284 e. The molecule has 3 aromatic rings. The molecule has 160 valence electrons. The molecule has 0 saturated carbocycles. The molecule has 1 aromatic heterocycles. The quantitative estimate of drug-likeness (QED) is 0.557. The Morgan fingerprint density at radius 1 is 1.06 bits per heavy atom. The molecular formula is C24H25N3O3S. The lowest BCUT2D eigenvalue weighted by atomic mass is 9.97. The number of nitrogens with zero attached hydrogens (tertiary/aromatic N) is 3. The van der Waals surface area contributed by atoms with E-state index in [9.17, 15) is 4.79 Å². The van der Waals surface area contributed by atoms with Crippen LogP contribution in [0.4, 0.5) is 5.69 Å². The van der Waals surface area contributed by atoms with Crippen LogP contribution in [0.3, 0.4) is 0 Å². The Labute approximate surface area is 186 Å². The Kier molecular flexibility index (Phi) is 5.95. The molecule has 1 unspecified atom stereocenters. The second kappa shape index (κ2) is 8.81. The van der Waals surface area contributed by atoms with E-state index in [0.29, 0.717) is 22.8 Å². The van der Waals surface area contributed by atoms with Gasteiger partial charge in [0, 0.05) is 37.8 Å². The fourth-order valence-corrected chi connectivity index (χ4v) is 4.27. The van der Waals surface area contributed by atoms with E-state index in [1.165, 1.54) is 11.3 Å². The Morgan fingerprint density at radius 2 is 1.74 bits per heavy atom. The number of anilines is 1. The third kappa shape index (κ3) is 4.27. The topological polar surface area (TPSA) is 54.4 Å². The molecule has 31 heavy (non-hydrogen) atoms. The van der Waals surface area contributed by atoms with Crippen LogP contribution in [-0.4, -0.2) is 44.9 Å². The van der Waals surface area contributed by atoms with Gasteiger partial charge in [0.2, 0.25) is 0 Å². The second-order valence-corrected chi connectivity index (χ2v) is 8.43. The van der Waals surface area contributed by atoms with Crippen molar-refractivity contribution in [2.24, 2.45) is 5.10 Å². The number of rotatable bonds is 6. The first-order valence-electron chi connectivity index (χ1n) is 9.95. The highest BCUT2D eigenvalue weighted by molar-refractivity contribution is 7.12. The number of carbonyl (C=O) groups excluding carboxylic acids is 1. The lowest BCUT2D eigenvalue weighted by Gasteiger charge is -2.22. The number of carbonyl (C=O) groups is 1. The zero-order valence-corrected chi connectivity index (χ0v) is 18.8. The summed E-state index contributed by atoms with van der Waals surface area (Å²) in [6, 6.07) is 17.5. The Balaban J connectivity index is 1.73. The van der Waals surface area contributed by atoms with Crippen molar-refractivity contribution in [2.45, 2.75) is 12.5 Å². The van der Waals surface area contributed by atoms with E-state index in [-0.39, 0.29) is 11.9 Å². The van der Waals surface area contributed by atoms with Gasteiger partial charge in [-0.3, -0.25) is 4.79 Å². The number of hydrogen-bond acceptors (Lipinski definition) is 6. The molecule has 1 atom stereocenters. The van der Waals surface area contributed by atoms with Crippen molar-refractivity contribution in [3.63, 3.8) is 0 Å². The number of hydrazone groups is 1. The maximum Gasteiger partial charge on any atom is 0.284 e. The number of hydrogen-bond donors (Lipinski definition) is 0. The first-order chi connectivity index (χ1) is 15.0. The lowest BCUT2D eigenvalue weighted by Crippen LogP contribution is -2.26.